The van der Waals surface area contributed by atoms with Crippen LogP contribution in [0.15, 0.2) is 42.6 Å². The molecule has 2 aliphatic rings. The van der Waals surface area contributed by atoms with Gasteiger partial charge in [0.25, 0.3) is 0 Å². The van der Waals surface area contributed by atoms with Gasteiger partial charge in [-0.15, -0.1) is 0 Å². The fourth-order valence-electron chi connectivity index (χ4n) is 1.99. The lowest BCUT2D eigenvalue weighted by atomic mass is 10.1. The van der Waals surface area contributed by atoms with Crippen LogP contribution in [0.4, 0.5) is 5.82 Å². The van der Waals surface area contributed by atoms with E-state index in [-0.39, 0.29) is 0 Å². The lowest BCUT2D eigenvalue weighted by molar-refractivity contribution is 1.31. The van der Waals surface area contributed by atoms with Gasteiger partial charge in [-0.05, 0) is 17.7 Å². The molecule has 0 fully saturated rings. The highest BCUT2D eigenvalue weighted by atomic mass is 14.8. The highest BCUT2D eigenvalue weighted by Crippen LogP contribution is 2.23. The molecule has 1 heterocycles. The predicted molar refractivity (Wildman–Crippen MR) is 65.2 cm³/mol. The first-order chi connectivity index (χ1) is 7.75. The van der Waals surface area contributed by atoms with Gasteiger partial charge in [-0.1, -0.05) is 24.3 Å². The second-order valence-corrected chi connectivity index (χ2v) is 3.86. The van der Waals surface area contributed by atoms with Gasteiger partial charge < -0.3 is 16.1 Å². The van der Waals surface area contributed by atoms with Crippen LogP contribution in [-0.4, -0.2) is 4.98 Å². The number of anilines is 1. The molecule has 0 amide bonds. The van der Waals surface area contributed by atoms with Crippen LogP contribution in [0.5, 0.6) is 0 Å². The molecular weight excluding hydrogens is 198 g/mol. The monoisotopic (exact) mass is 209 g/mol. The maximum Gasteiger partial charge on any atom is 0.108 e. The van der Waals surface area contributed by atoms with Gasteiger partial charge in [-0.25, -0.2) is 0 Å². The molecular formula is C13H11N3. The van der Waals surface area contributed by atoms with E-state index in [0.29, 0.717) is 11.2 Å². The van der Waals surface area contributed by atoms with Crippen molar-refractivity contribution >= 4 is 16.6 Å². The maximum atomic E-state index is 7.83. The van der Waals surface area contributed by atoms with Crippen LogP contribution >= 0.6 is 0 Å². The molecule has 0 saturated carbocycles. The van der Waals surface area contributed by atoms with Crippen LogP contribution in [0, 0.1) is 5.41 Å². The SMILES string of the molecule is N=c1ccc2cccc3c(N)[nH]cc3cc1-2. The molecule has 16 heavy (non-hydrogen) atoms. The molecule has 3 rings (SSSR count). The summed E-state index contributed by atoms with van der Waals surface area (Å²) in [4.78, 5) is 3.00. The molecule has 0 aliphatic heterocycles. The summed E-state index contributed by atoms with van der Waals surface area (Å²) in [7, 11) is 0. The molecule has 0 bridgehead atoms. The summed E-state index contributed by atoms with van der Waals surface area (Å²) in [6.07, 6.45) is 1.87. The number of fused-ring (bicyclic) bond motifs is 2. The van der Waals surface area contributed by atoms with E-state index in [1.165, 1.54) is 0 Å². The zero-order valence-electron chi connectivity index (χ0n) is 8.62. The highest BCUT2D eigenvalue weighted by Gasteiger charge is 2.04. The molecule has 1 aromatic rings. The minimum Gasteiger partial charge on any atom is -0.385 e. The molecule has 4 N–H and O–H groups in total. The van der Waals surface area contributed by atoms with Crippen LogP contribution in [0.3, 0.4) is 0 Å². The third-order valence-corrected chi connectivity index (χ3v) is 2.85. The Morgan fingerprint density at radius 2 is 2.00 bits per heavy atom. The van der Waals surface area contributed by atoms with E-state index in [1.54, 1.807) is 0 Å². The van der Waals surface area contributed by atoms with Gasteiger partial charge in [0.05, 0.1) is 5.36 Å². The molecule has 0 atom stereocenters. The van der Waals surface area contributed by atoms with Crippen molar-refractivity contribution in [2.75, 3.05) is 5.73 Å². The van der Waals surface area contributed by atoms with E-state index in [4.69, 9.17) is 11.1 Å². The number of rotatable bonds is 0. The number of nitrogens with two attached hydrogens (primary N) is 1. The number of hydrogen-bond donors (Lipinski definition) is 3. The average Bonchev–Trinajstić information content (AvgIpc) is 2.73. The van der Waals surface area contributed by atoms with Crippen molar-refractivity contribution < 1.29 is 0 Å². The second-order valence-electron chi connectivity index (χ2n) is 3.86. The molecule has 78 valence electrons. The topological polar surface area (TPSA) is 65.7 Å². The Morgan fingerprint density at radius 1 is 1.12 bits per heavy atom. The van der Waals surface area contributed by atoms with Crippen molar-refractivity contribution in [3.8, 4) is 11.1 Å². The van der Waals surface area contributed by atoms with Crippen LogP contribution in [0.2, 0.25) is 0 Å². The third kappa shape index (κ3) is 1.18. The van der Waals surface area contributed by atoms with E-state index in [1.807, 2.05) is 42.6 Å². The Balaban J connectivity index is 2.52. The van der Waals surface area contributed by atoms with Gasteiger partial charge in [-0.2, -0.15) is 0 Å². The molecule has 0 radical (unpaired) electrons. The van der Waals surface area contributed by atoms with Crippen molar-refractivity contribution in [3.63, 3.8) is 0 Å². The first-order valence-corrected chi connectivity index (χ1v) is 5.10. The fourth-order valence-corrected chi connectivity index (χ4v) is 1.99. The van der Waals surface area contributed by atoms with Gasteiger partial charge in [0.15, 0.2) is 0 Å². The molecule has 0 aromatic carbocycles. The first kappa shape index (κ1) is 8.97. The van der Waals surface area contributed by atoms with Crippen molar-refractivity contribution in [1.29, 1.82) is 5.41 Å². The molecule has 1 aromatic heterocycles. The van der Waals surface area contributed by atoms with Gasteiger partial charge in [-0.3, -0.25) is 0 Å². The summed E-state index contributed by atoms with van der Waals surface area (Å²) in [5.74, 6) is 0.664. The smallest absolute Gasteiger partial charge is 0.108 e. The van der Waals surface area contributed by atoms with Crippen LogP contribution < -0.4 is 11.1 Å². The quantitative estimate of drug-likeness (QED) is 0.522. The normalized spacial score (nSPS) is 11.0. The van der Waals surface area contributed by atoms with E-state index in [2.05, 4.69) is 4.98 Å². The predicted octanol–water partition coefficient (Wildman–Crippen LogP) is 2.33. The molecule has 0 spiro atoms. The highest BCUT2D eigenvalue weighted by molar-refractivity contribution is 5.93. The summed E-state index contributed by atoms with van der Waals surface area (Å²) in [5, 5.41) is 10.4. The zero-order valence-corrected chi connectivity index (χ0v) is 8.62. The van der Waals surface area contributed by atoms with Crippen LogP contribution in [0.25, 0.3) is 21.9 Å². The summed E-state index contributed by atoms with van der Waals surface area (Å²) < 4.78 is 0. The largest absolute Gasteiger partial charge is 0.385 e. The number of nitrogens with one attached hydrogen (secondary N) is 2. The number of H-pyrrole nitrogens is 1. The Bertz CT molecular complexity index is 697. The van der Waals surface area contributed by atoms with E-state index >= 15 is 0 Å². The number of aromatic nitrogens is 1. The standard InChI is InChI=1S/C13H11N3/c14-12-5-4-8-2-1-3-10-9(6-11(8)12)7-16-13(10)15/h1-7,14,16H,15H2. The Morgan fingerprint density at radius 3 is 2.88 bits per heavy atom. The zero-order chi connectivity index (χ0) is 11.1. The summed E-state index contributed by atoms with van der Waals surface area (Å²) in [6, 6.07) is 11.7. The van der Waals surface area contributed by atoms with Gasteiger partial charge in [0, 0.05) is 22.5 Å². The summed E-state index contributed by atoms with van der Waals surface area (Å²) in [5.41, 5.74) is 7.85. The van der Waals surface area contributed by atoms with E-state index in [9.17, 15) is 0 Å². The second kappa shape index (κ2) is 3.10. The van der Waals surface area contributed by atoms with Crippen LogP contribution in [-0.2, 0) is 0 Å². The van der Waals surface area contributed by atoms with Crippen molar-refractivity contribution in [3.05, 3.63) is 48.0 Å². The lowest BCUT2D eigenvalue weighted by Crippen LogP contribution is -1.93. The minimum atomic E-state index is 0.548. The number of hydrogen-bond acceptors (Lipinski definition) is 2. The number of aromatic amines is 1. The van der Waals surface area contributed by atoms with Crippen molar-refractivity contribution in [2.24, 2.45) is 0 Å². The minimum absolute atomic E-state index is 0.548. The molecule has 0 unspecified atom stereocenters. The van der Waals surface area contributed by atoms with Gasteiger partial charge in [0.1, 0.15) is 5.82 Å². The Labute approximate surface area is 92.4 Å². The fraction of sp³-hybridized carbons (Fsp3) is 0. The maximum absolute atomic E-state index is 7.83. The van der Waals surface area contributed by atoms with Gasteiger partial charge >= 0.3 is 0 Å². The van der Waals surface area contributed by atoms with E-state index < -0.39 is 0 Å². The third-order valence-electron chi connectivity index (χ3n) is 2.85. The summed E-state index contributed by atoms with van der Waals surface area (Å²) in [6.45, 7) is 0. The number of nitrogen functional groups attached to an aromatic ring is 1. The average molecular weight is 209 g/mol. The molecule has 3 nitrogen and oxygen atoms in total. The molecule has 0 saturated heterocycles. The van der Waals surface area contributed by atoms with Gasteiger partial charge in [0.2, 0.25) is 0 Å². The molecule has 2 aliphatic carbocycles. The summed E-state index contributed by atoms with van der Waals surface area (Å²) >= 11 is 0. The first-order valence-electron chi connectivity index (χ1n) is 5.10. The van der Waals surface area contributed by atoms with Crippen LogP contribution in [0.1, 0.15) is 0 Å². The van der Waals surface area contributed by atoms with E-state index in [0.717, 1.165) is 21.9 Å². The molecule has 3 heteroatoms. The Hall–Kier alpha value is -2.29. The van der Waals surface area contributed by atoms with Crippen molar-refractivity contribution in [1.82, 2.24) is 4.98 Å². The lowest BCUT2D eigenvalue weighted by Gasteiger charge is -1.94. The van der Waals surface area contributed by atoms with Crippen molar-refractivity contribution in [2.45, 2.75) is 0 Å². The Kier molecular flexibility index (Phi) is 1.74.